The Labute approximate surface area is 229 Å². The molecule has 4 aromatic rings. The zero-order chi connectivity index (χ0) is 28.6. The lowest BCUT2D eigenvalue weighted by atomic mass is 9.91. The molecule has 2 heterocycles. The zero-order valence-electron chi connectivity index (χ0n) is 22.6. The largest absolute Gasteiger partial charge is 0.493 e. The molecule has 0 bridgehead atoms. The van der Waals surface area contributed by atoms with Gasteiger partial charge in [0.15, 0.2) is 11.5 Å². The van der Waals surface area contributed by atoms with Crippen LogP contribution in [0.2, 0.25) is 0 Å². The molecular formula is C30H28N2O8. The Morgan fingerprint density at radius 2 is 1.77 bits per heavy atom. The van der Waals surface area contributed by atoms with E-state index in [0.717, 1.165) is 22.1 Å². The fourth-order valence-corrected chi connectivity index (χ4v) is 5.13. The number of carbonyl (C=O) groups excluding carboxylic acids is 1. The maximum Gasteiger partial charge on any atom is 0.336 e. The number of benzene rings is 3. The Balaban J connectivity index is 1.53. The lowest BCUT2D eigenvalue weighted by Gasteiger charge is -2.37. The van der Waals surface area contributed by atoms with Crippen molar-refractivity contribution in [1.82, 2.24) is 4.90 Å². The predicted octanol–water partition coefficient (Wildman–Crippen LogP) is 5.15. The van der Waals surface area contributed by atoms with Crippen LogP contribution in [0.4, 0.5) is 5.69 Å². The van der Waals surface area contributed by atoms with E-state index in [-0.39, 0.29) is 23.8 Å². The highest BCUT2D eigenvalue weighted by Crippen LogP contribution is 2.39. The van der Waals surface area contributed by atoms with Gasteiger partial charge in [-0.3, -0.25) is 14.9 Å². The van der Waals surface area contributed by atoms with E-state index in [9.17, 15) is 19.7 Å². The van der Waals surface area contributed by atoms with Crippen molar-refractivity contribution in [2.24, 2.45) is 0 Å². The summed E-state index contributed by atoms with van der Waals surface area (Å²) in [6.45, 7) is 3.90. The summed E-state index contributed by atoms with van der Waals surface area (Å²) in [6.07, 6.45) is 0.548. The summed E-state index contributed by atoms with van der Waals surface area (Å²) in [5, 5.41) is 12.3. The maximum atomic E-state index is 13.8. The highest BCUT2D eigenvalue weighted by molar-refractivity contribution is 5.95. The molecule has 40 heavy (non-hydrogen) atoms. The van der Waals surface area contributed by atoms with E-state index < -0.39 is 16.6 Å². The van der Waals surface area contributed by atoms with Gasteiger partial charge in [-0.2, -0.15) is 0 Å². The van der Waals surface area contributed by atoms with E-state index in [0.29, 0.717) is 41.4 Å². The van der Waals surface area contributed by atoms with Crippen molar-refractivity contribution in [1.29, 1.82) is 0 Å². The molecule has 0 saturated heterocycles. The van der Waals surface area contributed by atoms with Gasteiger partial charge in [0.25, 0.3) is 11.6 Å². The van der Waals surface area contributed by atoms with Gasteiger partial charge in [-0.05, 0) is 67.3 Å². The van der Waals surface area contributed by atoms with Gasteiger partial charge in [-0.15, -0.1) is 0 Å². The number of nitro groups is 1. The van der Waals surface area contributed by atoms with Gasteiger partial charge < -0.3 is 23.5 Å². The minimum absolute atomic E-state index is 0.0731. The Morgan fingerprint density at radius 3 is 2.50 bits per heavy atom. The van der Waals surface area contributed by atoms with Gasteiger partial charge in [0.2, 0.25) is 0 Å². The molecule has 206 valence electrons. The number of hydrogen-bond acceptors (Lipinski definition) is 8. The number of fused-ring (bicyclic) bond motifs is 2. The number of rotatable bonds is 7. The average molecular weight is 545 g/mol. The fraction of sp³-hybridized carbons (Fsp3) is 0.267. The molecule has 0 radical (unpaired) electrons. The maximum absolute atomic E-state index is 13.8. The minimum Gasteiger partial charge on any atom is -0.493 e. The zero-order valence-corrected chi connectivity index (χ0v) is 22.6. The summed E-state index contributed by atoms with van der Waals surface area (Å²) in [6, 6.07) is 14.4. The van der Waals surface area contributed by atoms with Crippen LogP contribution < -0.4 is 19.8 Å². The van der Waals surface area contributed by atoms with Crippen LogP contribution in [0.25, 0.3) is 11.0 Å². The highest BCUT2D eigenvalue weighted by atomic mass is 16.6. The average Bonchev–Trinajstić information content (AvgIpc) is 2.94. The molecule has 1 aromatic heterocycles. The Kier molecular flexibility index (Phi) is 7.17. The molecule has 0 spiro atoms. The molecule has 1 atom stereocenters. The van der Waals surface area contributed by atoms with Gasteiger partial charge in [0.1, 0.15) is 17.9 Å². The van der Waals surface area contributed by atoms with Crippen LogP contribution in [-0.2, 0) is 6.42 Å². The van der Waals surface area contributed by atoms with Crippen molar-refractivity contribution in [3.63, 3.8) is 0 Å². The number of nitrogens with zero attached hydrogens (tertiary/aromatic N) is 2. The molecule has 1 aliphatic rings. The third-order valence-corrected chi connectivity index (χ3v) is 7.25. The molecular weight excluding hydrogens is 516 g/mol. The summed E-state index contributed by atoms with van der Waals surface area (Å²) in [5.41, 5.74) is 3.12. The SMILES string of the molecule is COc1cc2c(cc1OC)[C@@H](COc1ccc3c(C)cc(=O)oc3c1)N(C(=O)c1ccc(C)c([N+](=O)[O-])c1)CC2. The van der Waals surface area contributed by atoms with Gasteiger partial charge >= 0.3 is 5.63 Å². The number of nitro benzene ring substituents is 1. The highest BCUT2D eigenvalue weighted by Gasteiger charge is 2.34. The minimum atomic E-state index is -0.545. The molecule has 1 aliphatic heterocycles. The van der Waals surface area contributed by atoms with Gasteiger partial charge in [-0.1, -0.05) is 6.07 Å². The third kappa shape index (κ3) is 4.95. The number of ether oxygens (including phenoxy) is 3. The van der Waals surface area contributed by atoms with Crippen molar-refractivity contribution < 1.29 is 28.3 Å². The molecule has 0 aliphatic carbocycles. The third-order valence-electron chi connectivity index (χ3n) is 7.25. The Morgan fingerprint density at radius 1 is 1.02 bits per heavy atom. The second kappa shape index (κ2) is 10.7. The molecule has 0 fully saturated rings. The topological polar surface area (TPSA) is 121 Å². The van der Waals surface area contributed by atoms with Crippen molar-refractivity contribution in [3.8, 4) is 17.2 Å². The standard InChI is InChI=1S/C30H28N2O8/c1-17-5-6-20(12-24(17)32(35)36)30(34)31-10-9-19-13-27(37-3)28(38-4)15-23(19)25(31)16-39-21-7-8-22-18(2)11-29(33)40-26(22)14-21/h5-8,11-15,25H,9-10,16H2,1-4H3/t25-/m1/s1. The second-order valence-corrected chi connectivity index (χ2v) is 9.65. The number of methoxy groups -OCH3 is 2. The van der Waals surface area contributed by atoms with Crippen LogP contribution >= 0.6 is 0 Å². The van der Waals surface area contributed by atoms with E-state index in [1.54, 1.807) is 43.2 Å². The molecule has 10 heteroatoms. The van der Waals surface area contributed by atoms with E-state index in [4.69, 9.17) is 18.6 Å². The monoisotopic (exact) mass is 544 g/mol. The van der Waals surface area contributed by atoms with Gasteiger partial charge in [-0.25, -0.2) is 4.79 Å². The molecule has 0 saturated carbocycles. The van der Waals surface area contributed by atoms with Crippen molar-refractivity contribution in [2.45, 2.75) is 26.3 Å². The molecule has 3 aromatic carbocycles. The van der Waals surface area contributed by atoms with Crippen LogP contribution in [0, 0.1) is 24.0 Å². The van der Waals surface area contributed by atoms with Crippen molar-refractivity contribution in [2.75, 3.05) is 27.4 Å². The second-order valence-electron chi connectivity index (χ2n) is 9.65. The summed E-state index contributed by atoms with van der Waals surface area (Å²) in [5.74, 6) is 1.20. The first kappa shape index (κ1) is 26.7. The number of amides is 1. The number of aryl methyl sites for hydroxylation is 2. The Bertz CT molecular complexity index is 1690. The van der Waals surface area contributed by atoms with Crippen LogP contribution in [0.15, 0.2) is 63.8 Å². The van der Waals surface area contributed by atoms with Crippen LogP contribution in [0.3, 0.4) is 0 Å². The Hall–Kier alpha value is -4.86. The summed E-state index contributed by atoms with van der Waals surface area (Å²) in [7, 11) is 3.10. The van der Waals surface area contributed by atoms with Crippen molar-refractivity contribution in [3.05, 3.63) is 103 Å². The quantitative estimate of drug-likeness (QED) is 0.178. The predicted molar refractivity (Wildman–Crippen MR) is 148 cm³/mol. The summed E-state index contributed by atoms with van der Waals surface area (Å²) >= 11 is 0. The molecule has 1 amide bonds. The first-order valence-corrected chi connectivity index (χ1v) is 12.7. The first-order valence-electron chi connectivity index (χ1n) is 12.7. The van der Waals surface area contributed by atoms with E-state index in [1.807, 2.05) is 25.1 Å². The lowest BCUT2D eigenvalue weighted by Crippen LogP contribution is -2.42. The smallest absolute Gasteiger partial charge is 0.336 e. The first-order chi connectivity index (χ1) is 19.2. The number of carbonyl (C=O) groups is 1. The fourth-order valence-electron chi connectivity index (χ4n) is 5.13. The van der Waals surface area contributed by atoms with Crippen LogP contribution in [0.5, 0.6) is 17.2 Å². The lowest BCUT2D eigenvalue weighted by molar-refractivity contribution is -0.385. The molecule has 10 nitrogen and oxygen atoms in total. The number of hydrogen-bond donors (Lipinski definition) is 0. The normalized spacial score (nSPS) is 14.5. The van der Waals surface area contributed by atoms with Gasteiger partial charge in [0.05, 0.1) is 25.2 Å². The van der Waals surface area contributed by atoms with Crippen molar-refractivity contribution >= 4 is 22.6 Å². The molecule has 0 N–H and O–H groups in total. The van der Waals surface area contributed by atoms with E-state index in [1.165, 1.54) is 19.2 Å². The van der Waals surface area contributed by atoms with E-state index in [2.05, 4.69) is 0 Å². The summed E-state index contributed by atoms with van der Waals surface area (Å²) < 4.78 is 22.6. The van der Waals surface area contributed by atoms with Crippen LogP contribution in [0.1, 0.15) is 38.7 Å². The van der Waals surface area contributed by atoms with Gasteiger partial charge in [0, 0.05) is 41.3 Å². The summed E-state index contributed by atoms with van der Waals surface area (Å²) in [4.78, 5) is 38.4. The van der Waals surface area contributed by atoms with E-state index >= 15 is 0 Å². The molecule has 0 unspecified atom stereocenters. The molecule has 5 rings (SSSR count). The van der Waals surface area contributed by atoms with Crippen LogP contribution in [-0.4, -0.2) is 43.1 Å².